The summed E-state index contributed by atoms with van der Waals surface area (Å²) in [6, 6.07) is 8.81. The van der Waals surface area contributed by atoms with Gasteiger partial charge in [-0.2, -0.15) is 5.10 Å². The molecule has 0 bridgehead atoms. The largest absolute Gasteiger partial charge is 0.484 e. The quantitative estimate of drug-likeness (QED) is 0.775. The molecule has 2 aromatic rings. The molecule has 0 aliphatic carbocycles. The van der Waals surface area contributed by atoms with Crippen molar-refractivity contribution in [3.63, 3.8) is 0 Å². The van der Waals surface area contributed by atoms with E-state index < -0.39 is 0 Å². The molecular weight excluding hydrogens is 244 g/mol. The van der Waals surface area contributed by atoms with Crippen molar-refractivity contribution in [1.82, 2.24) is 15.1 Å². The van der Waals surface area contributed by atoms with Gasteiger partial charge < -0.3 is 15.8 Å². The van der Waals surface area contributed by atoms with Crippen LogP contribution in [0.3, 0.4) is 0 Å². The van der Waals surface area contributed by atoms with E-state index in [0.29, 0.717) is 18.0 Å². The summed E-state index contributed by atoms with van der Waals surface area (Å²) in [6.07, 6.45) is 1.69. The van der Waals surface area contributed by atoms with Crippen molar-refractivity contribution < 1.29 is 9.53 Å². The summed E-state index contributed by atoms with van der Waals surface area (Å²) in [6.45, 7) is 0.386. The van der Waals surface area contributed by atoms with E-state index in [1.165, 1.54) is 0 Å². The number of aromatic nitrogens is 2. The number of ether oxygens (including phenoxy) is 1. The molecule has 2 rings (SSSR count). The number of carbonyl (C=O) groups excluding carboxylic acids is 1. The third-order valence-corrected chi connectivity index (χ3v) is 2.62. The van der Waals surface area contributed by atoms with Gasteiger partial charge >= 0.3 is 0 Å². The van der Waals surface area contributed by atoms with E-state index in [9.17, 15) is 4.79 Å². The van der Waals surface area contributed by atoms with Crippen molar-refractivity contribution in [3.05, 3.63) is 42.2 Å². The van der Waals surface area contributed by atoms with Crippen LogP contribution in [0.2, 0.25) is 0 Å². The Morgan fingerprint density at radius 2 is 2.32 bits per heavy atom. The van der Waals surface area contributed by atoms with Crippen LogP contribution in [-0.4, -0.2) is 22.3 Å². The first-order valence-corrected chi connectivity index (χ1v) is 5.87. The molecule has 0 unspecified atom stereocenters. The van der Waals surface area contributed by atoms with E-state index in [1.807, 2.05) is 13.1 Å². The number of carbonyl (C=O) groups is 1. The second kappa shape index (κ2) is 5.90. The molecule has 0 fully saturated rings. The van der Waals surface area contributed by atoms with Crippen LogP contribution in [0, 0.1) is 0 Å². The molecule has 100 valence electrons. The third-order valence-electron chi connectivity index (χ3n) is 2.62. The zero-order chi connectivity index (χ0) is 13.7. The zero-order valence-corrected chi connectivity index (χ0v) is 10.7. The summed E-state index contributed by atoms with van der Waals surface area (Å²) < 4.78 is 7.04. The van der Waals surface area contributed by atoms with Crippen molar-refractivity contribution in [1.29, 1.82) is 0 Å². The number of rotatable bonds is 5. The Morgan fingerprint density at radius 1 is 1.47 bits per heavy atom. The van der Waals surface area contributed by atoms with Crippen molar-refractivity contribution >= 4 is 11.6 Å². The number of amides is 1. The highest BCUT2D eigenvalue weighted by Crippen LogP contribution is 2.13. The molecule has 1 amide bonds. The van der Waals surface area contributed by atoms with Gasteiger partial charge in [0.1, 0.15) is 5.75 Å². The standard InChI is InChI=1S/C13H16N4O2/c1-17-11(5-6-16-17)8-15-13(18)9-19-12-4-2-3-10(14)7-12/h2-7H,8-9,14H2,1H3,(H,15,18). The maximum absolute atomic E-state index is 11.6. The first-order chi connectivity index (χ1) is 9.15. The summed E-state index contributed by atoms with van der Waals surface area (Å²) in [7, 11) is 1.82. The number of anilines is 1. The zero-order valence-electron chi connectivity index (χ0n) is 10.7. The van der Waals surface area contributed by atoms with Crippen molar-refractivity contribution in [2.24, 2.45) is 7.05 Å². The lowest BCUT2D eigenvalue weighted by Gasteiger charge is -2.08. The lowest BCUT2D eigenvalue weighted by Crippen LogP contribution is -2.29. The number of nitrogens with two attached hydrogens (primary N) is 1. The van der Waals surface area contributed by atoms with Crippen LogP contribution in [0.25, 0.3) is 0 Å². The van der Waals surface area contributed by atoms with Gasteiger partial charge in [0.2, 0.25) is 0 Å². The predicted octanol–water partition coefficient (Wildman–Crippen LogP) is 0.697. The summed E-state index contributed by atoms with van der Waals surface area (Å²) in [4.78, 5) is 11.6. The van der Waals surface area contributed by atoms with Crippen LogP contribution < -0.4 is 15.8 Å². The number of hydrogen-bond acceptors (Lipinski definition) is 4. The van der Waals surface area contributed by atoms with Gasteiger partial charge in [-0.1, -0.05) is 6.07 Å². The summed E-state index contributed by atoms with van der Waals surface area (Å²) in [5.74, 6) is 0.388. The highest BCUT2D eigenvalue weighted by Gasteiger charge is 2.04. The van der Waals surface area contributed by atoms with Gasteiger partial charge in [0.15, 0.2) is 6.61 Å². The molecule has 0 aliphatic rings. The van der Waals surface area contributed by atoms with Crippen LogP contribution in [-0.2, 0) is 18.4 Å². The topological polar surface area (TPSA) is 82.2 Å². The number of hydrogen-bond donors (Lipinski definition) is 2. The molecule has 19 heavy (non-hydrogen) atoms. The number of nitrogens with zero attached hydrogens (tertiary/aromatic N) is 2. The lowest BCUT2D eigenvalue weighted by molar-refractivity contribution is -0.123. The molecule has 1 heterocycles. The summed E-state index contributed by atoms with van der Waals surface area (Å²) in [5.41, 5.74) is 7.15. The second-order valence-electron chi connectivity index (χ2n) is 4.08. The van der Waals surface area contributed by atoms with E-state index in [-0.39, 0.29) is 12.5 Å². The molecule has 1 aromatic heterocycles. The van der Waals surface area contributed by atoms with E-state index in [0.717, 1.165) is 5.69 Å². The molecule has 1 aromatic carbocycles. The fourth-order valence-corrected chi connectivity index (χ4v) is 1.57. The average Bonchev–Trinajstić information content (AvgIpc) is 2.80. The summed E-state index contributed by atoms with van der Waals surface area (Å²) >= 11 is 0. The van der Waals surface area contributed by atoms with Crippen molar-refractivity contribution in [3.8, 4) is 5.75 Å². The van der Waals surface area contributed by atoms with E-state index in [1.54, 1.807) is 35.1 Å². The maximum atomic E-state index is 11.6. The van der Waals surface area contributed by atoms with Crippen LogP contribution >= 0.6 is 0 Å². The molecule has 6 nitrogen and oxygen atoms in total. The van der Waals surface area contributed by atoms with E-state index >= 15 is 0 Å². The fourth-order valence-electron chi connectivity index (χ4n) is 1.57. The Morgan fingerprint density at radius 3 is 3.00 bits per heavy atom. The van der Waals surface area contributed by atoms with Crippen LogP contribution in [0.15, 0.2) is 36.5 Å². The highest BCUT2D eigenvalue weighted by molar-refractivity contribution is 5.77. The Kier molecular flexibility index (Phi) is 4.02. The molecule has 0 saturated heterocycles. The van der Waals surface area contributed by atoms with Gasteiger partial charge in [-0.25, -0.2) is 0 Å². The minimum atomic E-state index is -0.191. The average molecular weight is 260 g/mol. The molecule has 0 aliphatic heterocycles. The van der Waals surface area contributed by atoms with Gasteiger partial charge in [-0.05, 0) is 18.2 Å². The first kappa shape index (κ1) is 12.9. The predicted molar refractivity (Wildman–Crippen MR) is 71.4 cm³/mol. The Hall–Kier alpha value is -2.50. The number of benzene rings is 1. The number of aryl methyl sites for hydroxylation is 1. The normalized spacial score (nSPS) is 10.2. The third kappa shape index (κ3) is 3.74. The molecule has 0 saturated carbocycles. The van der Waals surface area contributed by atoms with Gasteiger partial charge in [0, 0.05) is 25.0 Å². The molecular formula is C13H16N4O2. The number of nitrogens with one attached hydrogen (secondary N) is 1. The smallest absolute Gasteiger partial charge is 0.258 e. The van der Waals surface area contributed by atoms with Crippen molar-refractivity contribution in [2.75, 3.05) is 12.3 Å². The van der Waals surface area contributed by atoms with Crippen LogP contribution in [0.4, 0.5) is 5.69 Å². The highest BCUT2D eigenvalue weighted by atomic mass is 16.5. The van der Waals surface area contributed by atoms with Crippen LogP contribution in [0.5, 0.6) is 5.75 Å². The van der Waals surface area contributed by atoms with Crippen LogP contribution in [0.1, 0.15) is 5.69 Å². The van der Waals surface area contributed by atoms with Crippen molar-refractivity contribution in [2.45, 2.75) is 6.54 Å². The maximum Gasteiger partial charge on any atom is 0.258 e. The molecule has 3 N–H and O–H groups in total. The van der Waals surface area contributed by atoms with Gasteiger partial charge in [0.05, 0.1) is 12.2 Å². The van der Waals surface area contributed by atoms with E-state index in [2.05, 4.69) is 10.4 Å². The fraction of sp³-hybridized carbons (Fsp3) is 0.231. The monoisotopic (exact) mass is 260 g/mol. The molecule has 0 spiro atoms. The Balaban J connectivity index is 1.77. The molecule has 6 heteroatoms. The first-order valence-electron chi connectivity index (χ1n) is 5.87. The molecule has 0 atom stereocenters. The minimum Gasteiger partial charge on any atom is -0.484 e. The molecule has 0 radical (unpaired) electrons. The van der Waals surface area contributed by atoms with E-state index in [4.69, 9.17) is 10.5 Å². The Bertz CT molecular complexity index is 565. The minimum absolute atomic E-state index is 0.0404. The Labute approximate surface area is 111 Å². The van der Waals surface area contributed by atoms with Gasteiger partial charge in [-0.3, -0.25) is 9.48 Å². The lowest BCUT2D eigenvalue weighted by atomic mass is 10.3. The van der Waals surface area contributed by atoms with Gasteiger partial charge in [-0.15, -0.1) is 0 Å². The number of nitrogen functional groups attached to an aromatic ring is 1. The van der Waals surface area contributed by atoms with Gasteiger partial charge in [0.25, 0.3) is 5.91 Å². The SMILES string of the molecule is Cn1nccc1CNC(=O)COc1cccc(N)c1. The summed E-state index contributed by atoms with van der Waals surface area (Å²) in [5, 5.41) is 6.77. The second-order valence-corrected chi connectivity index (χ2v) is 4.08.